The maximum absolute atomic E-state index is 10.7. The Balaban J connectivity index is 2.25. The van der Waals surface area contributed by atoms with Crippen molar-refractivity contribution in [2.24, 2.45) is 0 Å². The molecule has 0 aliphatic rings. The Hall–Kier alpha value is -1.30. The average Bonchev–Trinajstić information content (AvgIpc) is 2.43. The Morgan fingerprint density at radius 1 is 1.29 bits per heavy atom. The number of rotatable bonds is 4. The van der Waals surface area contributed by atoms with Gasteiger partial charge in [-0.25, -0.2) is 0 Å². The largest absolute Gasteiger partial charge is 0.378 e. The van der Waals surface area contributed by atoms with Crippen LogP contribution in [0.3, 0.4) is 0 Å². The van der Waals surface area contributed by atoms with E-state index >= 15 is 0 Å². The lowest BCUT2D eigenvalue weighted by Crippen LogP contribution is -2.08. The summed E-state index contributed by atoms with van der Waals surface area (Å²) in [7, 11) is 0. The van der Waals surface area contributed by atoms with Gasteiger partial charge in [-0.05, 0) is 40.5 Å². The summed E-state index contributed by atoms with van der Waals surface area (Å²) in [5.41, 5.74) is 1.62. The second-order valence-corrected chi connectivity index (χ2v) is 6.07. The molecule has 21 heavy (non-hydrogen) atoms. The molecule has 0 aliphatic carbocycles. The van der Waals surface area contributed by atoms with Gasteiger partial charge in [-0.1, -0.05) is 35.3 Å². The molecule has 0 spiro atoms. The minimum atomic E-state index is -0.439. The Morgan fingerprint density at radius 3 is 2.62 bits per heavy atom. The summed E-state index contributed by atoms with van der Waals surface area (Å²) in [5, 5.41) is 15.0. The first-order valence-electron chi connectivity index (χ1n) is 6.04. The summed E-state index contributed by atoms with van der Waals surface area (Å²) in [6, 6.07) is 9.87. The van der Waals surface area contributed by atoms with E-state index in [1.54, 1.807) is 12.1 Å². The van der Waals surface area contributed by atoms with Gasteiger partial charge < -0.3 is 5.32 Å². The molecule has 0 aliphatic heterocycles. The Labute approximate surface area is 140 Å². The van der Waals surface area contributed by atoms with Gasteiger partial charge in [-0.2, -0.15) is 0 Å². The normalized spacial score (nSPS) is 12.0. The van der Waals surface area contributed by atoms with E-state index in [2.05, 4.69) is 21.2 Å². The van der Waals surface area contributed by atoms with Gasteiger partial charge in [0.2, 0.25) is 0 Å². The van der Waals surface area contributed by atoms with Crippen LogP contribution in [0.25, 0.3) is 0 Å². The molecule has 0 amide bonds. The fourth-order valence-electron chi connectivity index (χ4n) is 1.90. The van der Waals surface area contributed by atoms with E-state index in [9.17, 15) is 10.1 Å². The minimum Gasteiger partial charge on any atom is -0.378 e. The van der Waals surface area contributed by atoms with Gasteiger partial charge in [0, 0.05) is 22.3 Å². The van der Waals surface area contributed by atoms with E-state index in [1.807, 2.05) is 19.1 Å². The number of hydrogen-bond acceptors (Lipinski definition) is 3. The lowest BCUT2D eigenvalue weighted by molar-refractivity contribution is -0.384. The van der Waals surface area contributed by atoms with Crippen molar-refractivity contribution < 1.29 is 4.92 Å². The first kappa shape index (κ1) is 16.1. The molecule has 4 nitrogen and oxygen atoms in total. The smallest absolute Gasteiger partial charge is 0.270 e. The molecule has 0 aromatic heterocycles. The lowest BCUT2D eigenvalue weighted by Gasteiger charge is -2.18. The van der Waals surface area contributed by atoms with Crippen molar-refractivity contribution in [2.45, 2.75) is 13.0 Å². The molecule has 7 heteroatoms. The highest BCUT2D eigenvalue weighted by atomic mass is 79.9. The molecular formula is C14H11BrCl2N2O2. The maximum atomic E-state index is 10.7. The van der Waals surface area contributed by atoms with Crippen LogP contribution in [0.1, 0.15) is 18.5 Å². The summed E-state index contributed by atoms with van der Waals surface area (Å²) in [6.07, 6.45) is 0. The predicted molar refractivity (Wildman–Crippen MR) is 89.3 cm³/mol. The molecule has 1 unspecified atom stereocenters. The summed E-state index contributed by atoms with van der Waals surface area (Å²) >= 11 is 15.5. The van der Waals surface area contributed by atoms with Gasteiger partial charge in [0.1, 0.15) is 0 Å². The quantitative estimate of drug-likeness (QED) is 0.528. The Bertz CT molecular complexity index is 695. The molecule has 1 N–H and O–H groups in total. The second kappa shape index (κ2) is 6.64. The van der Waals surface area contributed by atoms with Gasteiger partial charge in [-0.15, -0.1) is 0 Å². The van der Waals surface area contributed by atoms with E-state index in [1.165, 1.54) is 12.1 Å². The molecular weight excluding hydrogens is 379 g/mol. The molecule has 2 rings (SSSR count). The zero-order valence-corrected chi connectivity index (χ0v) is 14.0. The summed E-state index contributed by atoms with van der Waals surface area (Å²) in [6.45, 7) is 1.94. The first-order chi connectivity index (χ1) is 9.90. The number of nitro groups is 1. The van der Waals surface area contributed by atoms with Crippen molar-refractivity contribution in [1.29, 1.82) is 0 Å². The molecule has 0 radical (unpaired) electrons. The number of anilines is 1. The molecule has 0 saturated carbocycles. The minimum absolute atomic E-state index is 0.0286. The van der Waals surface area contributed by atoms with Crippen LogP contribution < -0.4 is 5.32 Å². The Kier molecular flexibility index (Phi) is 5.08. The van der Waals surface area contributed by atoms with Crippen LogP contribution in [0.15, 0.2) is 40.9 Å². The summed E-state index contributed by atoms with van der Waals surface area (Å²) < 4.78 is 0.613. The predicted octanol–water partition coefficient (Wildman–Crippen LogP) is 5.84. The van der Waals surface area contributed by atoms with Crippen LogP contribution in [0.5, 0.6) is 0 Å². The highest BCUT2D eigenvalue weighted by Crippen LogP contribution is 2.34. The zero-order chi connectivity index (χ0) is 15.6. The molecule has 2 aromatic carbocycles. The zero-order valence-electron chi connectivity index (χ0n) is 10.9. The average molecular weight is 390 g/mol. The van der Waals surface area contributed by atoms with Crippen LogP contribution in [-0.2, 0) is 0 Å². The summed E-state index contributed by atoms with van der Waals surface area (Å²) in [5.74, 6) is 0. The van der Waals surface area contributed by atoms with Crippen LogP contribution in [0, 0.1) is 10.1 Å². The number of nitro benzene ring substituents is 1. The van der Waals surface area contributed by atoms with Gasteiger partial charge >= 0.3 is 0 Å². The maximum Gasteiger partial charge on any atom is 0.270 e. The first-order valence-corrected chi connectivity index (χ1v) is 7.59. The highest BCUT2D eigenvalue weighted by molar-refractivity contribution is 9.10. The molecule has 1 atom stereocenters. The standard InChI is InChI=1S/C14H11BrCl2N2O2/c1-8(10-3-2-4-12(16)14(10)17)18-13-6-5-9(19(20)21)7-11(13)15/h2-8,18H,1H3. The fourth-order valence-corrected chi connectivity index (χ4v) is 2.85. The second-order valence-electron chi connectivity index (χ2n) is 4.43. The van der Waals surface area contributed by atoms with E-state index in [4.69, 9.17) is 23.2 Å². The number of nitrogens with one attached hydrogen (secondary N) is 1. The number of benzene rings is 2. The number of non-ortho nitro benzene ring substituents is 1. The molecule has 110 valence electrons. The number of hydrogen-bond donors (Lipinski definition) is 1. The van der Waals surface area contributed by atoms with Crippen molar-refractivity contribution in [3.05, 3.63) is 66.6 Å². The van der Waals surface area contributed by atoms with Gasteiger partial charge in [0.05, 0.1) is 21.0 Å². The number of nitrogens with zero attached hydrogens (tertiary/aromatic N) is 1. The van der Waals surface area contributed by atoms with Crippen LogP contribution in [0.2, 0.25) is 10.0 Å². The van der Waals surface area contributed by atoms with Crippen LogP contribution >= 0.6 is 39.1 Å². The third-order valence-electron chi connectivity index (χ3n) is 2.98. The monoisotopic (exact) mass is 388 g/mol. The van der Waals surface area contributed by atoms with E-state index < -0.39 is 4.92 Å². The van der Waals surface area contributed by atoms with E-state index in [-0.39, 0.29) is 11.7 Å². The van der Waals surface area contributed by atoms with Crippen molar-refractivity contribution in [2.75, 3.05) is 5.32 Å². The van der Waals surface area contributed by atoms with Crippen molar-refractivity contribution in [3.63, 3.8) is 0 Å². The fraction of sp³-hybridized carbons (Fsp3) is 0.143. The highest BCUT2D eigenvalue weighted by Gasteiger charge is 2.14. The van der Waals surface area contributed by atoms with Crippen LogP contribution in [-0.4, -0.2) is 4.92 Å². The van der Waals surface area contributed by atoms with Gasteiger partial charge in [-0.3, -0.25) is 10.1 Å². The number of halogens is 3. The SMILES string of the molecule is CC(Nc1ccc([N+](=O)[O-])cc1Br)c1cccc(Cl)c1Cl. The topological polar surface area (TPSA) is 55.2 Å². The van der Waals surface area contributed by atoms with Crippen LogP contribution in [0.4, 0.5) is 11.4 Å². The molecule has 0 bridgehead atoms. The third kappa shape index (κ3) is 3.67. The van der Waals surface area contributed by atoms with Crippen molar-refractivity contribution in [3.8, 4) is 0 Å². The Morgan fingerprint density at radius 2 is 2.00 bits per heavy atom. The van der Waals surface area contributed by atoms with Crippen molar-refractivity contribution in [1.82, 2.24) is 0 Å². The van der Waals surface area contributed by atoms with Crippen molar-refractivity contribution >= 4 is 50.5 Å². The third-order valence-corrected chi connectivity index (χ3v) is 4.47. The van der Waals surface area contributed by atoms with Gasteiger partial charge in [0.15, 0.2) is 0 Å². The summed E-state index contributed by atoms with van der Waals surface area (Å²) in [4.78, 5) is 10.3. The molecule has 2 aromatic rings. The van der Waals surface area contributed by atoms with Gasteiger partial charge in [0.25, 0.3) is 5.69 Å². The molecule has 0 heterocycles. The van der Waals surface area contributed by atoms with E-state index in [0.29, 0.717) is 14.5 Å². The molecule has 0 fully saturated rings. The van der Waals surface area contributed by atoms with E-state index in [0.717, 1.165) is 11.3 Å². The lowest BCUT2D eigenvalue weighted by atomic mass is 10.1. The molecule has 0 saturated heterocycles.